The van der Waals surface area contributed by atoms with E-state index in [1.54, 1.807) is 12.3 Å². The number of aromatic nitrogens is 5. The van der Waals surface area contributed by atoms with Gasteiger partial charge >= 0.3 is 5.97 Å². The molecule has 174 valence electrons. The Morgan fingerprint density at radius 1 is 1.21 bits per heavy atom. The third kappa shape index (κ3) is 3.52. The molecule has 0 radical (unpaired) electrons. The molecule has 2 bridgehead atoms. The minimum atomic E-state index is -0.846. The molecule has 0 spiro atoms. The number of rotatable bonds is 5. The lowest BCUT2D eigenvalue weighted by Gasteiger charge is -2.47. The first-order chi connectivity index (χ1) is 16.5. The Bertz CT molecular complexity index is 1390. The molecular formula is C23H20ClFN6O2S. The SMILES string of the molecule is O=C(O)C1C2CCC(CC2)C1Nc1nc(-c2c[nH]c3ncc(Cl)nc23)nc(-c2cccs2)c1F. The summed E-state index contributed by atoms with van der Waals surface area (Å²) in [7, 11) is 0. The number of carboxylic acids is 1. The number of thiophene rings is 1. The van der Waals surface area contributed by atoms with E-state index < -0.39 is 23.7 Å². The number of halogens is 2. The third-order valence-corrected chi connectivity index (χ3v) is 8.06. The molecule has 0 amide bonds. The number of hydrogen-bond acceptors (Lipinski definition) is 7. The second-order valence-corrected chi connectivity index (χ2v) is 10.2. The molecule has 8 nitrogen and oxygen atoms in total. The summed E-state index contributed by atoms with van der Waals surface area (Å²) in [6.45, 7) is 0. The summed E-state index contributed by atoms with van der Waals surface area (Å²) >= 11 is 7.43. The number of nitrogens with one attached hydrogen (secondary N) is 2. The number of hydrogen-bond donors (Lipinski definition) is 3. The first-order valence-electron chi connectivity index (χ1n) is 11.1. The summed E-state index contributed by atoms with van der Waals surface area (Å²) in [5, 5.41) is 15.2. The molecule has 3 fully saturated rings. The van der Waals surface area contributed by atoms with Crippen LogP contribution in [0.5, 0.6) is 0 Å². The van der Waals surface area contributed by atoms with Gasteiger partial charge in [0.15, 0.2) is 23.1 Å². The minimum absolute atomic E-state index is 0.00142. The van der Waals surface area contributed by atoms with Gasteiger partial charge in [-0.3, -0.25) is 4.79 Å². The van der Waals surface area contributed by atoms with Crippen molar-refractivity contribution in [2.45, 2.75) is 31.7 Å². The Morgan fingerprint density at radius 3 is 2.74 bits per heavy atom. The molecule has 11 heteroatoms. The first kappa shape index (κ1) is 21.4. The summed E-state index contributed by atoms with van der Waals surface area (Å²) in [4.78, 5) is 33.4. The molecule has 7 rings (SSSR count). The first-order valence-corrected chi connectivity index (χ1v) is 12.4. The molecule has 34 heavy (non-hydrogen) atoms. The van der Waals surface area contributed by atoms with Crippen LogP contribution in [0, 0.1) is 23.6 Å². The lowest BCUT2D eigenvalue weighted by atomic mass is 9.61. The summed E-state index contributed by atoms with van der Waals surface area (Å²) in [5.41, 5.74) is 1.67. The van der Waals surface area contributed by atoms with Gasteiger partial charge in [0.2, 0.25) is 0 Å². The van der Waals surface area contributed by atoms with Gasteiger partial charge in [-0.05, 0) is 49.0 Å². The van der Waals surface area contributed by atoms with Crippen molar-refractivity contribution in [3.63, 3.8) is 0 Å². The molecule has 0 aliphatic heterocycles. The topological polar surface area (TPSA) is 117 Å². The number of nitrogens with zero attached hydrogens (tertiary/aromatic N) is 4. The summed E-state index contributed by atoms with van der Waals surface area (Å²) < 4.78 is 15.8. The maximum Gasteiger partial charge on any atom is 0.308 e. The number of H-pyrrole nitrogens is 1. The number of anilines is 1. The smallest absolute Gasteiger partial charge is 0.308 e. The van der Waals surface area contributed by atoms with Crippen molar-refractivity contribution in [3.05, 3.63) is 40.9 Å². The normalized spacial score (nSPS) is 23.9. The van der Waals surface area contributed by atoms with E-state index in [0.29, 0.717) is 21.6 Å². The van der Waals surface area contributed by atoms with E-state index in [2.05, 4.69) is 30.2 Å². The molecule has 4 aromatic heterocycles. The molecule has 4 aromatic rings. The van der Waals surface area contributed by atoms with E-state index in [1.165, 1.54) is 17.5 Å². The van der Waals surface area contributed by atoms with Crippen LogP contribution in [-0.2, 0) is 4.79 Å². The van der Waals surface area contributed by atoms with Gasteiger partial charge in [-0.15, -0.1) is 11.3 Å². The van der Waals surface area contributed by atoms with E-state index in [1.807, 2.05) is 11.4 Å². The molecule has 0 aromatic carbocycles. The van der Waals surface area contributed by atoms with Crippen LogP contribution < -0.4 is 5.32 Å². The fourth-order valence-electron chi connectivity index (χ4n) is 5.45. The Morgan fingerprint density at radius 2 is 2.00 bits per heavy atom. The van der Waals surface area contributed by atoms with Gasteiger partial charge in [0, 0.05) is 12.2 Å². The van der Waals surface area contributed by atoms with E-state index in [4.69, 9.17) is 11.6 Å². The Hall–Kier alpha value is -3.11. The molecule has 2 unspecified atom stereocenters. The van der Waals surface area contributed by atoms with Crippen LogP contribution in [0.1, 0.15) is 25.7 Å². The van der Waals surface area contributed by atoms with Crippen molar-refractivity contribution < 1.29 is 14.3 Å². The fourth-order valence-corrected chi connectivity index (χ4v) is 6.29. The van der Waals surface area contributed by atoms with Crippen LogP contribution in [0.3, 0.4) is 0 Å². The molecule has 3 N–H and O–H groups in total. The van der Waals surface area contributed by atoms with E-state index in [9.17, 15) is 9.90 Å². The molecule has 3 aliphatic rings. The molecular weight excluding hydrogens is 479 g/mol. The van der Waals surface area contributed by atoms with Gasteiger partial charge in [-0.25, -0.2) is 24.3 Å². The fraction of sp³-hybridized carbons (Fsp3) is 0.348. The Labute approximate surface area is 202 Å². The van der Waals surface area contributed by atoms with Gasteiger partial charge < -0.3 is 15.4 Å². The number of carboxylic acid groups (broad SMARTS) is 1. The van der Waals surface area contributed by atoms with Crippen molar-refractivity contribution in [2.24, 2.45) is 17.8 Å². The molecule has 3 saturated carbocycles. The highest BCUT2D eigenvalue weighted by molar-refractivity contribution is 7.13. The lowest BCUT2D eigenvalue weighted by molar-refractivity contribution is -0.148. The quantitative estimate of drug-likeness (QED) is 0.344. The highest BCUT2D eigenvalue weighted by Crippen LogP contribution is 2.47. The van der Waals surface area contributed by atoms with E-state index >= 15 is 4.39 Å². The van der Waals surface area contributed by atoms with Crippen molar-refractivity contribution >= 4 is 45.9 Å². The monoisotopic (exact) mass is 498 g/mol. The van der Waals surface area contributed by atoms with Crippen molar-refractivity contribution in [2.75, 3.05) is 5.32 Å². The Kier molecular flexibility index (Phi) is 5.22. The maximum atomic E-state index is 15.8. The summed E-state index contributed by atoms with van der Waals surface area (Å²) in [6, 6.07) is 3.22. The molecule has 3 aliphatic carbocycles. The minimum Gasteiger partial charge on any atom is -0.481 e. The van der Waals surface area contributed by atoms with Gasteiger partial charge in [0.25, 0.3) is 0 Å². The van der Waals surface area contributed by atoms with Gasteiger partial charge in [0.05, 0.1) is 22.6 Å². The second-order valence-electron chi connectivity index (χ2n) is 8.84. The van der Waals surface area contributed by atoms with Crippen LogP contribution in [-0.4, -0.2) is 42.0 Å². The zero-order valence-electron chi connectivity index (χ0n) is 17.8. The van der Waals surface area contributed by atoms with E-state index in [0.717, 1.165) is 25.7 Å². The number of aromatic amines is 1. The predicted octanol–water partition coefficient (Wildman–Crippen LogP) is 5.24. The molecule has 4 heterocycles. The second kappa shape index (κ2) is 8.28. The third-order valence-electron chi connectivity index (χ3n) is 7.01. The summed E-state index contributed by atoms with van der Waals surface area (Å²) in [5.74, 6) is -1.51. The average Bonchev–Trinajstić information content (AvgIpc) is 3.51. The van der Waals surface area contributed by atoms with Crippen LogP contribution in [0.25, 0.3) is 33.1 Å². The molecule has 0 saturated heterocycles. The lowest BCUT2D eigenvalue weighted by Crippen LogP contribution is -2.51. The number of carbonyl (C=O) groups is 1. The number of fused-ring (bicyclic) bond motifs is 4. The summed E-state index contributed by atoms with van der Waals surface area (Å²) in [6.07, 6.45) is 6.75. The van der Waals surface area contributed by atoms with E-state index in [-0.39, 0.29) is 34.3 Å². The average molecular weight is 499 g/mol. The van der Waals surface area contributed by atoms with Crippen LogP contribution >= 0.6 is 22.9 Å². The van der Waals surface area contributed by atoms with Crippen molar-refractivity contribution in [1.82, 2.24) is 24.9 Å². The highest BCUT2D eigenvalue weighted by Gasteiger charge is 2.47. The Balaban J connectivity index is 1.49. The predicted molar refractivity (Wildman–Crippen MR) is 127 cm³/mol. The van der Waals surface area contributed by atoms with Gasteiger partial charge in [-0.1, -0.05) is 17.7 Å². The molecule has 2 atom stereocenters. The maximum absolute atomic E-state index is 15.8. The van der Waals surface area contributed by atoms with Crippen LogP contribution in [0.2, 0.25) is 5.15 Å². The standard InChI is InChI=1S/C23H20ClFN6O2S/c24-14-9-27-22-18(28-14)12(8-26-22)20-30-19(13-2-1-7-34-13)16(25)21(31-20)29-17-11-5-3-10(4-6-11)15(17)23(32)33/h1-2,7-11,15,17H,3-6H2,(H,26,27)(H,32,33)(H,29,30,31). The van der Waals surface area contributed by atoms with Gasteiger partial charge in [0.1, 0.15) is 16.4 Å². The largest absolute Gasteiger partial charge is 0.481 e. The number of aliphatic carboxylic acids is 1. The zero-order valence-corrected chi connectivity index (χ0v) is 19.4. The van der Waals surface area contributed by atoms with Gasteiger partial charge in [-0.2, -0.15) is 0 Å². The van der Waals surface area contributed by atoms with Crippen molar-refractivity contribution in [1.29, 1.82) is 0 Å². The van der Waals surface area contributed by atoms with Crippen LogP contribution in [0.15, 0.2) is 29.9 Å². The zero-order chi connectivity index (χ0) is 23.4. The highest BCUT2D eigenvalue weighted by atomic mass is 35.5. The van der Waals surface area contributed by atoms with Crippen LogP contribution in [0.4, 0.5) is 10.2 Å². The van der Waals surface area contributed by atoms with Crippen molar-refractivity contribution in [3.8, 4) is 22.0 Å².